The topological polar surface area (TPSA) is 104 Å². The summed E-state index contributed by atoms with van der Waals surface area (Å²) in [6, 6.07) is 9.20. The zero-order chi connectivity index (χ0) is 18.8. The Kier molecular flexibility index (Phi) is 4.50. The quantitative estimate of drug-likeness (QED) is 0.564. The molecule has 0 bridgehead atoms. The first-order valence-electron chi connectivity index (χ1n) is 8.00. The number of Topliss-reactive ketones (excluding diaryl/α,β-unsaturated/α-hetero) is 2. The van der Waals surface area contributed by atoms with Gasteiger partial charge in [-0.25, -0.2) is 4.98 Å². The Morgan fingerprint density at radius 1 is 1.19 bits per heavy atom. The van der Waals surface area contributed by atoms with E-state index in [1.54, 1.807) is 25.4 Å². The summed E-state index contributed by atoms with van der Waals surface area (Å²) < 4.78 is 1.48. The maximum Gasteiger partial charge on any atom is 0.223 e. The number of H-pyrrole nitrogens is 1. The number of nitrogens with one attached hydrogen (secondary N) is 1. The van der Waals surface area contributed by atoms with Gasteiger partial charge < -0.3 is 4.57 Å². The van der Waals surface area contributed by atoms with Gasteiger partial charge in [-0.05, 0) is 37.1 Å². The van der Waals surface area contributed by atoms with Crippen LogP contribution in [0.5, 0.6) is 0 Å². The zero-order valence-corrected chi connectivity index (χ0v) is 14.6. The minimum atomic E-state index is -1.47. The highest BCUT2D eigenvalue weighted by Gasteiger charge is 2.32. The molecule has 0 radical (unpaired) electrons. The Morgan fingerprint density at radius 3 is 2.58 bits per heavy atom. The van der Waals surface area contributed by atoms with Crippen LogP contribution in [0, 0.1) is 31.1 Å². The summed E-state index contributed by atoms with van der Waals surface area (Å²) in [5.74, 6) is -2.65. The number of nitrogens with zero attached hydrogens (tertiary/aromatic N) is 4. The third-order valence-corrected chi connectivity index (χ3v) is 4.34. The van der Waals surface area contributed by atoms with Gasteiger partial charge in [-0.1, -0.05) is 12.1 Å². The Labute approximate surface area is 150 Å². The standard InChI is InChI=1S/C19H17N5O2/c1-11-4-5-13(8-12(11)2)15-9-16(23-22-15)17(25)14(10-20)18(26)19-21-6-7-24(19)3/h4-9,14H,1-3H3,(H,22,23)/t14-/m0/s1. The highest BCUT2D eigenvalue weighted by molar-refractivity contribution is 6.16. The van der Waals surface area contributed by atoms with E-state index < -0.39 is 17.5 Å². The lowest BCUT2D eigenvalue weighted by Gasteiger charge is -2.05. The van der Waals surface area contributed by atoms with Crippen molar-refractivity contribution in [3.63, 3.8) is 0 Å². The molecule has 0 aliphatic heterocycles. The molecule has 0 aliphatic rings. The van der Waals surface area contributed by atoms with Gasteiger partial charge in [0.05, 0.1) is 11.8 Å². The fraction of sp³-hybridized carbons (Fsp3) is 0.211. The van der Waals surface area contributed by atoms with Gasteiger partial charge in [0, 0.05) is 25.0 Å². The number of benzene rings is 1. The van der Waals surface area contributed by atoms with Crippen LogP contribution in [0.3, 0.4) is 0 Å². The van der Waals surface area contributed by atoms with E-state index in [-0.39, 0.29) is 11.5 Å². The van der Waals surface area contributed by atoms with E-state index in [9.17, 15) is 14.9 Å². The number of hydrogen-bond acceptors (Lipinski definition) is 5. The lowest BCUT2D eigenvalue weighted by molar-refractivity contribution is 0.0835. The van der Waals surface area contributed by atoms with Gasteiger partial charge in [0.15, 0.2) is 11.7 Å². The Hall–Kier alpha value is -3.53. The van der Waals surface area contributed by atoms with Crippen molar-refractivity contribution < 1.29 is 9.59 Å². The average Bonchev–Trinajstić information content (AvgIpc) is 3.27. The number of hydrogen-bond donors (Lipinski definition) is 1. The molecule has 0 amide bonds. The second kappa shape index (κ2) is 6.76. The minimum Gasteiger partial charge on any atom is -0.332 e. The molecule has 130 valence electrons. The number of aryl methyl sites for hydroxylation is 3. The van der Waals surface area contributed by atoms with Crippen LogP contribution in [-0.2, 0) is 7.05 Å². The van der Waals surface area contributed by atoms with Gasteiger partial charge >= 0.3 is 0 Å². The molecule has 1 atom stereocenters. The van der Waals surface area contributed by atoms with Crippen LogP contribution >= 0.6 is 0 Å². The maximum absolute atomic E-state index is 12.6. The van der Waals surface area contributed by atoms with Crippen LogP contribution in [-0.4, -0.2) is 31.3 Å². The predicted octanol–water partition coefficient (Wildman–Crippen LogP) is 2.63. The summed E-state index contributed by atoms with van der Waals surface area (Å²) in [7, 11) is 1.63. The Bertz CT molecular complexity index is 1040. The predicted molar refractivity (Wildman–Crippen MR) is 94.5 cm³/mol. The molecule has 26 heavy (non-hydrogen) atoms. The van der Waals surface area contributed by atoms with Crippen molar-refractivity contribution in [2.45, 2.75) is 13.8 Å². The third-order valence-electron chi connectivity index (χ3n) is 4.34. The highest BCUT2D eigenvalue weighted by Crippen LogP contribution is 2.22. The van der Waals surface area contributed by atoms with Crippen LogP contribution in [0.15, 0.2) is 36.7 Å². The molecule has 7 heteroatoms. The average molecular weight is 347 g/mol. The summed E-state index contributed by atoms with van der Waals surface area (Å²) in [5, 5.41) is 16.1. The summed E-state index contributed by atoms with van der Waals surface area (Å²) in [4.78, 5) is 29.0. The van der Waals surface area contributed by atoms with Crippen molar-refractivity contribution in [1.29, 1.82) is 5.26 Å². The smallest absolute Gasteiger partial charge is 0.223 e. The van der Waals surface area contributed by atoms with Gasteiger partial charge in [0.1, 0.15) is 5.69 Å². The molecule has 0 saturated carbocycles. The van der Waals surface area contributed by atoms with Gasteiger partial charge in [-0.2, -0.15) is 10.4 Å². The van der Waals surface area contributed by atoms with E-state index in [2.05, 4.69) is 15.2 Å². The molecule has 3 rings (SSSR count). The lowest BCUT2D eigenvalue weighted by atomic mass is 9.97. The molecule has 0 unspecified atom stereocenters. The van der Waals surface area contributed by atoms with E-state index in [0.717, 1.165) is 16.7 Å². The second-order valence-electron chi connectivity index (χ2n) is 6.12. The number of nitriles is 1. The first-order valence-corrected chi connectivity index (χ1v) is 8.00. The first kappa shape index (κ1) is 17.3. The molecule has 0 spiro atoms. The summed E-state index contributed by atoms with van der Waals surface area (Å²) in [5.41, 5.74) is 3.82. The molecular formula is C19H17N5O2. The van der Waals surface area contributed by atoms with Crippen molar-refractivity contribution in [3.05, 3.63) is 59.3 Å². The van der Waals surface area contributed by atoms with E-state index >= 15 is 0 Å². The number of aromatic amines is 1. The molecule has 2 aromatic heterocycles. The number of rotatable bonds is 5. The van der Waals surface area contributed by atoms with Gasteiger partial charge in [0.2, 0.25) is 11.6 Å². The van der Waals surface area contributed by atoms with E-state index in [4.69, 9.17) is 0 Å². The number of carbonyl (C=O) groups is 2. The molecule has 0 fully saturated rings. The Balaban J connectivity index is 1.89. The van der Waals surface area contributed by atoms with Gasteiger partial charge in [-0.15, -0.1) is 0 Å². The van der Waals surface area contributed by atoms with Gasteiger partial charge in [-0.3, -0.25) is 14.7 Å². The van der Waals surface area contributed by atoms with Crippen molar-refractivity contribution in [3.8, 4) is 17.3 Å². The van der Waals surface area contributed by atoms with Crippen LogP contribution in [0.25, 0.3) is 11.3 Å². The molecular weight excluding hydrogens is 330 g/mol. The molecule has 2 heterocycles. The van der Waals surface area contributed by atoms with Crippen molar-refractivity contribution in [2.24, 2.45) is 13.0 Å². The molecule has 0 saturated heterocycles. The van der Waals surface area contributed by atoms with Crippen LogP contribution in [0.1, 0.15) is 32.2 Å². The third kappa shape index (κ3) is 3.05. The number of imidazole rings is 1. The molecule has 7 nitrogen and oxygen atoms in total. The number of aromatic nitrogens is 4. The largest absolute Gasteiger partial charge is 0.332 e. The van der Waals surface area contributed by atoms with Crippen LogP contribution < -0.4 is 0 Å². The fourth-order valence-electron chi connectivity index (χ4n) is 2.62. The first-order chi connectivity index (χ1) is 12.4. The summed E-state index contributed by atoms with van der Waals surface area (Å²) in [6.45, 7) is 4.01. The fourth-order valence-corrected chi connectivity index (χ4v) is 2.62. The minimum absolute atomic E-state index is 0.0683. The molecule has 1 N–H and O–H groups in total. The molecule has 3 aromatic rings. The molecule has 1 aromatic carbocycles. The maximum atomic E-state index is 12.6. The van der Waals surface area contributed by atoms with Crippen LogP contribution in [0.4, 0.5) is 0 Å². The normalized spacial score (nSPS) is 11.8. The van der Waals surface area contributed by atoms with E-state index in [1.807, 2.05) is 32.0 Å². The highest BCUT2D eigenvalue weighted by atomic mass is 16.2. The lowest BCUT2D eigenvalue weighted by Crippen LogP contribution is -2.25. The van der Waals surface area contributed by atoms with Gasteiger partial charge in [0.25, 0.3) is 0 Å². The van der Waals surface area contributed by atoms with E-state index in [0.29, 0.717) is 5.69 Å². The van der Waals surface area contributed by atoms with Crippen molar-refractivity contribution in [2.75, 3.05) is 0 Å². The number of carbonyl (C=O) groups excluding carboxylic acids is 2. The van der Waals surface area contributed by atoms with Crippen molar-refractivity contribution >= 4 is 11.6 Å². The Morgan fingerprint density at radius 2 is 1.96 bits per heavy atom. The zero-order valence-electron chi connectivity index (χ0n) is 14.6. The monoisotopic (exact) mass is 347 g/mol. The molecule has 0 aliphatic carbocycles. The second-order valence-corrected chi connectivity index (χ2v) is 6.12. The van der Waals surface area contributed by atoms with Crippen molar-refractivity contribution in [1.82, 2.24) is 19.7 Å². The SMILES string of the molecule is Cc1ccc(-c2cc(C(=O)[C@H](C#N)C(=O)c3nccn3C)[nH]n2)cc1C. The summed E-state index contributed by atoms with van der Waals surface area (Å²) >= 11 is 0. The number of ketones is 2. The summed E-state index contributed by atoms with van der Waals surface area (Å²) in [6.07, 6.45) is 3.03. The van der Waals surface area contributed by atoms with Crippen LogP contribution in [0.2, 0.25) is 0 Å². The van der Waals surface area contributed by atoms with E-state index in [1.165, 1.54) is 10.8 Å².